The van der Waals surface area contributed by atoms with Gasteiger partial charge in [0.1, 0.15) is 5.02 Å². The Hall–Kier alpha value is -3.43. The SMILES string of the molecule is CN1CCC(n2cc(Nc3ncc(Cl)c(Nc4cccc(NC(=O)C=C5CCCC5)c4)n3)cn2)CC1. The van der Waals surface area contributed by atoms with Gasteiger partial charge in [0.2, 0.25) is 11.9 Å². The van der Waals surface area contributed by atoms with Crippen LogP contribution < -0.4 is 16.0 Å². The van der Waals surface area contributed by atoms with Crippen LogP contribution in [0.2, 0.25) is 5.02 Å². The molecule has 0 radical (unpaired) electrons. The molecule has 2 aromatic heterocycles. The number of rotatable bonds is 7. The van der Waals surface area contributed by atoms with Crippen molar-refractivity contribution in [3.05, 3.63) is 59.5 Å². The average Bonchev–Trinajstić information content (AvgIpc) is 3.54. The number of likely N-dealkylation sites (tertiary alicyclic amines) is 1. The van der Waals surface area contributed by atoms with Crippen molar-refractivity contribution in [2.45, 2.75) is 44.6 Å². The Morgan fingerprint density at radius 2 is 1.86 bits per heavy atom. The monoisotopic (exact) mass is 506 g/mol. The lowest BCUT2D eigenvalue weighted by molar-refractivity contribution is -0.112. The van der Waals surface area contributed by atoms with Crippen LogP contribution in [0.4, 0.5) is 28.8 Å². The largest absolute Gasteiger partial charge is 0.339 e. The Kier molecular flexibility index (Phi) is 7.48. The van der Waals surface area contributed by atoms with Crippen molar-refractivity contribution in [2.75, 3.05) is 36.1 Å². The summed E-state index contributed by atoms with van der Waals surface area (Å²) in [6.45, 7) is 2.15. The van der Waals surface area contributed by atoms with E-state index in [-0.39, 0.29) is 5.91 Å². The maximum Gasteiger partial charge on any atom is 0.248 e. The van der Waals surface area contributed by atoms with Crippen LogP contribution >= 0.6 is 11.6 Å². The van der Waals surface area contributed by atoms with E-state index in [4.69, 9.17) is 11.6 Å². The number of carbonyl (C=O) groups is 1. The van der Waals surface area contributed by atoms with Gasteiger partial charge < -0.3 is 20.9 Å². The Balaban J connectivity index is 1.23. The van der Waals surface area contributed by atoms with E-state index >= 15 is 0 Å². The van der Waals surface area contributed by atoms with Crippen molar-refractivity contribution in [1.82, 2.24) is 24.6 Å². The highest BCUT2D eigenvalue weighted by molar-refractivity contribution is 6.32. The number of hydrogen-bond acceptors (Lipinski definition) is 7. The quantitative estimate of drug-likeness (QED) is 0.363. The summed E-state index contributed by atoms with van der Waals surface area (Å²) in [4.78, 5) is 23.6. The van der Waals surface area contributed by atoms with E-state index in [2.05, 4.69) is 43.0 Å². The standard InChI is InChI=1S/C26H31ClN8O/c1-34-11-9-22(10-12-34)35-17-21(15-29-35)32-26-28-16-23(27)25(33-26)31-20-8-4-7-19(14-20)30-24(36)13-18-5-2-3-6-18/h4,7-8,13-17,22H,2-3,5-6,9-12H2,1H3,(H,30,36)(H2,28,31,32,33). The molecule has 1 aliphatic carbocycles. The van der Waals surface area contributed by atoms with Gasteiger partial charge in [-0.3, -0.25) is 9.48 Å². The third-order valence-corrected chi connectivity index (χ3v) is 6.91. The van der Waals surface area contributed by atoms with Crippen molar-refractivity contribution in [1.29, 1.82) is 0 Å². The molecule has 10 heteroatoms. The van der Waals surface area contributed by atoms with Crippen LogP contribution in [-0.4, -0.2) is 50.7 Å². The molecule has 1 amide bonds. The summed E-state index contributed by atoms with van der Waals surface area (Å²) in [6.07, 6.45) is 13.6. The molecule has 2 fully saturated rings. The zero-order valence-corrected chi connectivity index (χ0v) is 21.1. The van der Waals surface area contributed by atoms with Crippen molar-refractivity contribution in [3.8, 4) is 0 Å². The summed E-state index contributed by atoms with van der Waals surface area (Å²) in [6, 6.07) is 7.87. The van der Waals surface area contributed by atoms with Gasteiger partial charge in [-0.2, -0.15) is 10.1 Å². The predicted octanol–water partition coefficient (Wildman–Crippen LogP) is 5.52. The van der Waals surface area contributed by atoms with E-state index in [1.807, 2.05) is 35.1 Å². The van der Waals surface area contributed by atoms with Crippen LogP contribution in [0.15, 0.2) is 54.5 Å². The fourth-order valence-electron chi connectivity index (χ4n) is 4.65. The summed E-state index contributed by atoms with van der Waals surface area (Å²) in [5.41, 5.74) is 3.49. The van der Waals surface area contributed by atoms with Gasteiger partial charge in [0, 0.05) is 23.6 Å². The lowest BCUT2D eigenvalue weighted by Gasteiger charge is -2.28. The summed E-state index contributed by atoms with van der Waals surface area (Å²) in [7, 11) is 2.15. The summed E-state index contributed by atoms with van der Waals surface area (Å²) < 4.78 is 2.02. The number of nitrogens with one attached hydrogen (secondary N) is 3. The van der Waals surface area contributed by atoms with E-state index in [1.165, 1.54) is 5.57 Å². The molecule has 0 spiro atoms. The zero-order valence-electron chi connectivity index (χ0n) is 20.4. The van der Waals surface area contributed by atoms with Gasteiger partial charge in [-0.15, -0.1) is 0 Å². The van der Waals surface area contributed by atoms with E-state index in [1.54, 1.807) is 18.5 Å². The predicted molar refractivity (Wildman–Crippen MR) is 143 cm³/mol. The number of hydrogen-bond donors (Lipinski definition) is 3. The van der Waals surface area contributed by atoms with Gasteiger partial charge in [0.15, 0.2) is 5.82 Å². The molecule has 5 rings (SSSR count). The molecule has 0 unspecified atom stereocenters. The highest BCUT2D eigenvalue weighted by Gasteiger charge is 2.19. The first-order valence-electron chi connectivity index (χ1n) is 12.4. The number of aromatic nitrogens is 4. The smallest absolute Gasteiger partial charge is 0.248 e. The number of allylic oxidation sites excluding steroid dienone is 1. The molecule has 188 valence electrons. The van der Waals surface area contributed by atoms with Crippen LogP contribution in [0.5, 0.6) is 0 Å². The molecular formula is C26H31ClN8O. The van der Waals surface area contributed by atoms with Crippen LogP contribution in [-0.2, 0) is 4.79 Å². The van der Waals surface area contributed by atoms with Gasteiger partial charge in [-0.1, -0.05) is 23.2 Å². The highest BCUT2D eigenvalue weighted by Crippen LogP contribution is 2.28. The Labute approximate surface area is 216 Å². The maximum absolute atomic E-state index is 12.4. The average molecular weight is 507 g/mol. The molecule has 1 aromatic carbocycles. The van der Waals surface area contributed by atoms with Gasteiger partial charge in [-0.25, -0.2) is 4.98 Å². The Bertz CT molecular complexity index is 1240. The summed E-state index contributed by atoms with van der Waals surface area (Å²) in [5.74, 6) is 0.780. The molecule has 1 aliphatic heterocycles. The molecule has 9 nitrogen and oxygen atoms in total. The van der Waals surface area contributed by atoms with E-state index < -0.39 is 0 Å². The summed E-state index contributed by atoms with van der Waals surface area (Å²) >= 11 is 6.37. The second-order valence-corrected chi connectivity index (χ2v) is 9.87. The molecular weight excluding hydrogens is 476 g/mol. The zero-order chi connectivity index (χ0) is 24.9. The first-order valence-corrected chi connectivity index (χ1v) is 12.8. The second-order valence-electron chi connectivity index (χ2n) is 9.46. The molecule has 0 bridgehead atoms. The highest BCUT2D eigenvalue weighted by atomic mass is 35.5. The Morgan fingerprint density at radius 3 is 2.67 bits per heavy atom. The van der Waals surface area contributed by atoms with Crippen LogP contribution in [0.3, 0.4) is 0 Å². The molecule has 1 saturated heterocycles. The van der Waals surface area contributed by atoms with E-state index in [0.717, 1.165) is 63.0 Å². The molecule has 3 heterocycles. The lowest BCUT2D eigenvalue weighted by Crippen LogP contribution is -2.31. The van der Waals surface area contributed by atoms with Crippen molar-refractivity contribution in [2.24, 2.45) is 0 Å². The van der Waals surface area contributed by atoms with E-state index in [0.29, 0.717) is 28.5 Å². The van der Waals surface area contributed by atoms with Crippen molar-refractivity contribution in [3.63, 3.8) is 0 Å². The number of anilines is 5. The fourth-order valence-corrected chi connectivity index (χ4v) is 4.79. The first-order chi connectivity index (χ1) is 17.5. The molecule has 1 saturated carbocycles. The number of amides is 1. The van der Waals surface area contributed by atoms with Gasteiger partial charge in [-0.05, 0) is 76.9 Å². The molecule has 3 aromatic rings. The maximum atomic E-state index is 12.4. The molecule has 2 aliphatic rings. The fraction of sp³-hybridized carbons (Fsp3) is 0.385. The number of piperidine rings is 1. The molecule has 36 heavy (non-hydrogen) atoms. The Morgan fingerprint density at radius 1 is 1.08 bits per heavy atom. The first kappa shape index (κ1) is 24.3. The van der Waals surface area contributed by atoms with E-state index in [9.17, 15) is 4.79 Å². The minimum absolute atomic E-state index is 0.101. The number of carbonyl (C=O) groups excluding carboxylic acids is 1. The number of benzene rings is 1. The van der Waals surface area contributed by atoms with Gasteiger partial charge in [0.25, 0.3) is 0 Å². The van der Waals surface area contributed by atoms with Crippen molar-refractivity contribution < 1.29 is 4.79 Å². The third-order valence-electron chi connectivity index (χ3n) is 6.64. The minimum Gasteiger partial charge on any atom is -0.339 e. The normalized spacial score (nSPS) is 16.7. The minimum atomic E-state index is -0.101. The van der Waals surface area contributed by atoms with Crippen LogP contribution in [0, 0.1) is 0 Å². The molecule has 3 N–H and O–H groups in total. The van der Waals surface area contributed by atoms with Gasteiger partial charge >= 0.3 is 0 Å². The third kappa shape index (κ3) is 6.22. The number of nitrogens with zero attached hydrogens (tertiary/aromatic N) is 5. The summed E-state index contributed by atoms with van der Waals surface area (Å²) in [5, 5.41) is 14.3. The van der Waals surface area contributed by atoms with Crippen LogP contribution in [0.1, 0.15) is 44.6 Å². The van der Waals surface area contributed by atoms with Crippen LogP contribution in [0.25, 0.3) is 0 Å². The van der Waals surface area contributed by atoms with Crippen molar-refractivity contribution >= 4 is 46.3 Å². The second kappa shape index (κ2) is 11.1. The van der Waals surface area contributed by atoms with Gasteiger partial charge in [0.05, 0.1) is 24.1 Å². The topological polar surface area (TPSA) is 100 Å². The molecule has 0 atom stereocenters. The lowest BCUT2D eigenvalue weighted by atomic mass is 10.1. The number of halogens is 1.